The smallest absolute Gasteiger partial charge is 0.230 e. The van der Waals surface area contributed by atoms with Crippen molar-refractivity contribution in [1.82, 2.24) is 10.2 Å². The van der Waals surface area contributed by atoms with Crippen LogP contribution in [0, 0.1) is 5.82 Å². The van der Waals surface area contributed by atoms with Gasteiger partial charge in [-0.05, 0) is 23.8 Å². The molecule has 0 aliphatic rings. The van der Waals surface area contributed by atoms with E-state index in [9.17, 15) is 9.18 Å². The van der Waals surface area contributed by atoms with Gasteiger partial charge >= 0.3 is 0 Å². The third kappa shape index (κ3) is 5.03. The van der Waals surface area contributed by atoms with Gasteiger partial charge in [0.2, 0.25) is 11.0 Å². The Hall–Kier alpha value is -2.45. The fraction of sp³-hybridized carbons (Fsp3) is 0.167. The molecule has 5 nitrogen and oxygen atoms in total. The second-order valence-corrected chi connectivity index (χ2v) is 7.53. The van der Waals surface area contributed by atoms with Gasteiger partial charge in [-0.25, -0.2) is 4.39 Å². The molecular weight excluding hydrogens is 373 g/mol. The van der Waals surface area contributed by atoms with Crippen LogP contribution in [0.5, 0.6) is 5.75 Å². The summed E-state index contributed by atoms with van der Waals surface area (Å²) in [7, 11) is 1.58. The second-order valence-electron chi connectivity index (χ2n) is 5.33. The van der Waals surface area contributed by atoms with Crippen LogP contribution in [-0.2, 0) is 17.0 Å². The number of nitrogens with zero attached hydrogens (tertiary/aromatic N) is 2. The lowest BCUT2D eigenvalue weighted by atomic mass is 10.1. The Morgan fingerprint density at radius 3 is 2.73 bits per heavy atom. The largest absolute Gasteiger partial charge is 0.496 e. The highest BCUT2D eigenvalue weighted by atomic mass is 32.2. The third-order valence-corrected chi connectivity index (χ3v) is 5.52. The number of halogens is 1. The van der Waals surface area contributed by atoms with E-state index in [-0.39, 0.29) is 18.1 Å². The van der Waals surface area contributed by atoms with E-state index in [0.29, 0.717) is 16.6 Å². The summed E-state index contributed by atoms with van der Waals surface area (Å²) in [6.07, 6.45) is 0.196. The first-order chi connectivity index (χ1) is 12.6. The zero-order valence-electron chi connectivity index (χ0n) is 13.9. The summed E-state index contributed by atoms with van der Waals surface area (Å²) in [5, 5.41) is 11.3. The first-order valence-corrected chi connectivity index (χ1v) is 9.57. The molecule has 1 amide bonds. The number of carbonyl (C=O) groups is 1. The number of rotatable bonds is 7. The molecule has 3 aromatic rings. The van der Waals surface area contributed by atoms with Crippen molar-refractivity contribution in [2.45, 2.75) is 16.5 Å². The van der Waals surface area contributed by atoms with Crippen LogP contribution in [0.15, 0.2) is 52.9 Å². The molecule has 0 fully saturated rings. The van der Waals surface area contributed by atoms with Gasteiger partial charge in [0.25, 0.3) is 0 Å². The summed E-state index contributed by atoms with van der Waals surface area (Å²) in [5.41, 5.74) is 1.80. The maximum absolute atomic E-state index is 12.9. The number of ether oxygens (including phenoxy) is 1. The minimum atomic E-state index is -0.255. The van der Waals surface area contributed by atoms with Gasteiger partial charge in [-0.1, -0.05) is 53.4 Å². The molecular formula is C18H16FN3O2S2. The van der Waals surface area contributed by atoms with E-state index in [1.165, 1.54) is 35.2 Å². The van der Waals surface area contributed by atoms with Gasteiger partial charge in [0.15, 0.2) is 4.34 Å². The SMILES string of the molecule is COc1ccccc1CC(=O)Nc1nnc(SCc2ccc(F)cc2)s1. The van der Waals surface area contributed by atoms with Crippen LogP contribution in [0.25, 0.3) is 0 Å². The van der Waals surface area contributed by atoms with Crippen LogP contribution in [0.2, 0.25) is 0 Å². The van der Waals surface area contributed by atoms with Crippen LogP contribution < -0.4 is 10.1 Å². The van der Waals surface area contributed by atoms with E-state index in [1.807, 2.05) is 24.3 Å². The van der Waals surface area contributed by atoms with Crippen LogP contribution in [0.4, 0.5) is 9.52 Å². The highest BCUT2D eigenvalue weighted by Gasteiger charge is 2.12. The van der Waals surface area contributed by atoms with Crippen molar-refractivity contribution in [2.24, 2.45) is 0 Å². The maximum Gasteiger partial charge on any atom is 0.230 e. The lowest BCUT2D eigenvalue weighted by Gasteiger charge is -2.07. The minimum absolute atomic E-state index is 0.180. The Bertz CT molecular complexity index is 884. The van der Waals surface area contributed by atoms with E-state index in [4.69, 9.17) is 4.74 Å². The highest BCUT2D eigenvalue weighted by molar-refractivity contribution is 8.00. The third-order valence-electron chi connectivity index (χ3n) is 3.47. The Labute approximate surface area is 158 Å². The number of nitrogens with one attached hydrogen (secondary N) is 1. The predicted octanol–water partition coefficient (Wildman–Crippen LogP) is 4.16. The number of aromatic nitrogens is 2. The van der Waals surface area contributed by atoms with Crippen molar-refractivity contribution in [1.29, 1.82) is 0 Å². The summed E-state index contributed by atoms with van der Waals surface area (Å²) in [6, 6.07) is 13.7. The molecule has 1 heterocycles. The average molecular weight is 389 g/mol. The molecule has 26 heavy (non-hydrogen) atoms. The summed E-state index contributed by atoms with van der Waals surface area (Å²) < 4.78 is 18.9. The van der Waals surface area contributed by atoms with E-state index < -0.39 is 0 Å². The molecule has 0 aliphatic carbocycles. The Morgan fingerprint density at radius 1 is 1.19 bits per heavy atom. The molecule has 1 aromatic heterocycles. The molecule has 2 aromatic carbocycles. The molecule has 0 atom stereocenters. The fourth-order valence-corrected chi connectivity index (χ4v) is 3.95. The summed E-state index contributed by atoms with van der Waals surface area (Å²) in [4.78, 5) is 12.2. The highest BCUT2D eigenvalue weighted by Crippen LogP contribution is 2.28. The summed E-state index contributed by atoms with van der Waals surface area (Å²) >= 11 is 2.80. The molecule has 0 radical (unpaired) electrons. The monoisotopic (exact) mass is 389 g/mol. The fourth-order valence-electron chi connectivity index (χ4n) is 2.23. The van der Waals surface area contributed by atoms with Gasteiger partial charge in [-0.3, -0.25) is 4.79 Å². The van der Waals surface area contributed by atoms with E-state index in [0.717, 1.165) is 15.5 Å². The summed E-state index contributed by atoms with van der Waals surface area (Å²) in [6.45, 7) is 0. The molecule has 0 unspecified atom stereocenters. The molecule has 0 saturated carbocycles. The van der Waals surface area contributed by atoms with Gasteiger partial charge in [0, 0.05) is 11.3 Å². The van der Waals surface area contributed by atoms with Gasteiger partial charge in [0.05, 0.1) is 13.5 Å². The van der Waals surface area contributed by atoms with E-state index >= 15 is 0 Å². The number of methoxy groups -OCH3 is 1. The normalized spacial score (nSPS) is 10.5. The first-order valence-electron chi connectivity index (χ1n) is 7.76. The van der Waals surface area contributed by atoms with Crippen molar-refractivity contribution in [2.75, 3.05) is 12.4 Å². The van der Waals surface area contributed by atoms with Crippen molar-refractivity contribution in [3.05, 3.63) is 65.5 Å². The van der Waals surface area contributed by atoms with Crippen molar-refractivity contribution in [3.63, 3.8) is 0 Å². The molecule has 0 saturated heterocycles. The number of hydrogen-bond donors (Lipinski definition) is 1. The van der Waals surface area contributed by atoms with Crippen molar-refractivity contribution in [3.8, 4) is 5.75 Å². The standard InChI is InChI=1S/C18H16FN3O2S2/c1-24-15-5-3-2-4-13(15)10-16(23)20-17-21-22-18(26-17)25-11-12-6-8-14(19)9-7-12/h2-9H,10-11H2,1H3,(H,20,21,23). The molecule has 3 rings (SSSR count). The Morgan fingerprint density at radius 2 is 1.96 bits per heavy atom. The molecule has 134 valence electrons. The molecule has 0 spiro atoms. The number of anilines is 1. The number of para-hydroxylation sites is 1. The molecule has 0 bridgehead atoms. The van der Waals surface area contributed by atoms with Crippen molar-refractivity contribution < 1.29 is 13.9 Å². The number of amides is 1. The van der Waals surface area contributed by atoms with Crippen LogP contribution in [0.1, 0.15) is 11.1 Å². The number of carbonyl (C=O) groups excluding carboxylic acids is 1. The van der Waals surface area contributed by atoms with Gasteiger partial charge < -0.3 is 10.1 Å². The zero-order valence-corrected chi connectivity index (χ0v) is 15.6. The minimum Gasteiger partial charge on any atom is -0.496 e. The molecule has 0 aliphatic heterocycles. The van der Waals surface area contributed by atoms with Gasteiger partial charge in [-0.15, -0.1) is 10.2 Å². The van der Waals surface area contributed by atoms with Crippen LogP contribution in [0.3, 0.4) is 0 Å². The second kappa shape index (κ2) is 8.77. The quantitative estimate of drug-likeness (QED) is 0.486. The van der Waals surface area contributed by atoms with Gasteiger partial charge in [0.1, 0.15) is 11.6 Å². The van der Waals surface area contributed by atoms with Crippen LogP contribution >= 0.6 is 23.1 Å². The number of hydrogen-bond acceptors (Lipinski definition) is 6. The molecule has 8 heteroatoms. The average Bonchev–Trinajstić information content (AvgIpc) is 3.09. The van der Waals surface area contributed by atoms with Crippen molar-refractivity contribution >= 4 is 34.1 Å². The topological polar surface area (TPSA) is 64.1 Å². The molecule has 1 N–H and O–H groups in total. The van der Waals surface area contributed by atoms with E-state index in [1.54, 1.807) is 19.2 Å². The zero-order chi connectivity index (χ0) is 18.4. The number of benzene rings is 2. The summed E-state index contributed by atoms with van der Waals surface area (Å²) in [5.74, 6) is 0.898. The Kier molecular flexibility index (Phi) is 6.19. The number of thioether (sulfide) groups is 1. The lowest BCUT2D eigenvalue weighted by Crippen LogP contribution is -2.14. The Balaban J connectivity index is 1.54. The predicted molar refractivity (Wildman–Crippen MR) is 101 cm³/mol. The maximum atomic E-state index is 12.9. The first kappa shape index (κ1) is 18.3. The van der Waals surface area contributed by atoms with Gasteiger partial charge in [-0.2, -0.15) is 0 Å². The van der Waals surface area contributed by atoms with E-state index in [2.05, 4.69) is 15.5 Å². The lowest BCUT2D eigenvalue weighted by molar-refractivity contribution is -0.115. The van der Waals surface area contributed by atoms with Crippen LogP contribution in [-0.4, -0.2) is 23.2 Å².